The number of hydrogen-bond donors (Lipinski definition) is 3. The molecule has 25 heavy (non-hydrogen) atoms. The van der Waals surface area contributed by atoms with Crippen LogP contribution in [0.25, 0.3) is 0 Å². The number of nitrogens with zero attached hydrogens (tertiary/aromatic N) is 3. The number of hydrogen-bond acceptors (Lipinski definition) is 6. The zero-order valence-corrected chi connectivity index (χ0v) is 14.7. The van der Waals surface area contributed by atoms with Gasteiger partial charge in [-0.3, -0.25) is 5.43 Å². The molecule has 0 unspecified atom stereocenters. The molecule has 0 saturated heterocycles. The maximum atomic E-state index is 9.90. The van der Waals surface area contributed by atoms with Gasteiger partial charge in [-0.05, 0) is 49.5 Å². The Balaban J connectivity index is 2.18. The van der Waals surface area contributed by atoms with Crippen molar-refractivity contribution in [1.82, 2.24) is 10.7 Å². The van der Waals surface area contributed by atoms with Crippen molar-refractivity contribution in [3.63, 3.8) is 0 Å². The molecule has 2 aromatic carbocycles. The van der Waals surface area contributed by atoms with Crippen molar-refractivity contribution in [2.75, 3.05) is 13.7 Å². The van der Waals surface area contributed by atoms with Crippen LogP contribution in [0.1, 0.15) is 12.5 Å². The van der Waals surface area contributed by atoms with Crippen molar-refractivity contribution in [2.24, 2.45) is 15.3 Å². The summed E-state index contributed by atoms with van der Waals surface area (Å²) in [5, 5.41) is 25.4. The van der Waals surface area contributed by atoms with E-state index in [1.807, 2.05) is 31.2 Å². The molecule has 0 saturated carbocycles. The third kappa shape index (κ3) is 5.54. The van der Waals surface area contributed by atoms with E-state index in [0.29, 0.717) is 34.4 Å². The van der Waals surface area contributed by atoms with Crippen LogP contribution in [0.5, 0.6) is 11.5 Å². The van der Waals surface area contributed by atoms with E-state index in [4.69, 9.17) is 17.0 Å². The number of ether oxygens (including phenoxy) is 1. The summed E-state index contributed by atoms with van der Waals surface area (Å²) < 4.78 is 5.51. The zero-order valence-electron chi connectivity index (χ0n) is 13.9. The third-order valence-corrected chi connectivity index (χ3v) is 3.34. The summed E-state index contributed by atoms with van der Waals surface area (Å²) in [7, 11) is 1.68. The summed E-state index contributed by atoms with van der Waals surface area (Å²) in [5.74, 6) is 0.744. The molecular formula is C17H19N5O2S. The fourth-order valence-electron chi connectivity index (χ4n) is 1.85. The van der Waals surface area contributed by atoms with E-state index >= 15 is 0 Å². The number of thiocarbonyl (C=S) groups is 1. The Morgan fingerprint density at radius 2 is 2.04 bits per heavy atom. The summed E-state index contributed by atoms with van der Waals surface area (Å²) in [6.07, 6.45) is 1.45. The number of para-hydroxylation sites is 1. The first-order valence-electron chi connectivity index (χ1n) is 7.61. The van der Waals surface area contributed by atoms with E-state index in [2.05, 4.69) is 26.1 Å². The molecule has 0 radical (unpaired) electrons. The summed E-state index contributed by atoms with van der Waals surface area (Å²) in [6.45, 7) is 2.46. The molecule has 0 bridgehead atoms. The maximum absolute atomic E-state index is 9.90. The molecule has 0 heterocycles. The van der Waals surface area contributed by atoms with E-state index in [-0.39, 0.29) is 5.75 Å². The van der Waals surface area contributed by atoms with Gasteiger partial charge >= 0.3 is 0 Å². The first-order valence-corrected chi connectivity index (χ1v) is 8.02. The standard InChI is InChI=1S/C17H19N5O2S/c1-3-24-16-7-5-4-6-14(16)21-20-13-8-9-15(23)12(10-13)11-19-22-17(25)18-2/h4-11,23H,3H2,1-2H3,(H2,18,22,25). The lowest BCUT2D eigenvalue weighted by Crippen LogP contribution is -2.28. The number of phenolic OH excluding ortho intramolecular Hbond substituents is 1. The van der Waals surface area contributed by atoms with Crippen molar-refractivity contribution in [2.45, 2.75) is 6.92 Å². The molecule has 3 N–H and O–H groups in total. The number of phenols is 1. The minimum Gasteiger partial charge on any atom is -0.507 e. The second-order valence-electron chi connectivity index (χ2n) is 4.79. The minimum atomic E-state index is 0.0783. The Morgan fingerprint density at radius 3 is 2.80 bits per heavy atom. The topological polar surface area (TPSA) is 90.6 Å². The molecular weight excluding hydrogens is 338 g/mol. The van der Waals surface area contributed by atoms with Gasteiger partial charge < -0.3 is 15.2 Å². The molecule has 2 aromatic rings. The van der Waals surface area contributed by atoms with Crippen molar-refractivity contribution >= 4 is 34.9 Å². The van der Waals surface area contributed by atoms with E-state index in [9.17, 15) is 5.11 Å². The summed E-state index contributed by atoms with van der Waals surface area (Å²) in [6, 6.07) is 12.2. The highest BCUT2D eigenvalue weighted by atomic mass is 32.1. The molecule has 0 fully saturated rings. The third-order valence-electron chi connectivity index (χ3n) is 3.05. The van der Waals surface area contributed by atoms with Crippen LogP contribution in [-0.4, -0.2) is 30.1 Å². The lowest BCUT2D eigenvalue weighted by molar-refractivity contribution is 0.341. The fourth-order valence-corrected chi connectivity index (χ4v) is 1.91. The van der Waals surface area contributed by atoms with Crippen LogP contribution in [0.4, 0.5) is 11.4 Å². The molecule has 0 aliphatic heterocycles. The molecule has 2 rings (SSSR count). The lowest BCUT2D eigenvalue weighted by atomic mass is 10.2. The van der Waals surface area contributed by atoms with Gasteiger partial charge in [0.1, 0.15) is 17.2 Å². The number of rotatable bonds is 6. The Labute approximate surface area is 151 Å². The van der Waals surface area contributed by atoms with E-state index in [1.54, 1.807) is 19.2 Å². The lowest BCUT2D eigenvalue weighted by Gasteiger charge is -2.05. The number of benzene rings is 2. The number of azo groups is 1. The molecule has 0 aromatic heterocycles. The average molecular weight is 357 g/mol. The number of aromatic hydroxyl groups is 1. The second-order valence-corrected chi connectivity index (χ2v) is 5.20. The van der Waals surface area contributed by atoms with Crippen molar-refractivity contribution in [3.8, 4) is 11.5 Å². The van der Waals surface area contributed by atoms with Gasteiger partial charge in [-0.25, -0.2) is 0 Å². The molecule has 0 amide bonds. The Kier molecular flexibility index (Phi) is 6.85. The van der Waals surface area contributed by atoms with Gasteiger partial charge in [0.2, 0.25) is 0 Å². The predicted molar refractivity (Wildman–Crippen MR) is 102 cm³/mol. The van der Waals surface area contributed by atoms with E-state index in [1.165, 1.54) is 12.3 Å². The van der Waals surface area contributed by atoms with Gasteiger partial charge in [0.05, 0.1) is 18.5 Å². The molecule has 0 spiro atoms. The first-order chi connectivity index (χ1) is 12.1. The van der Waals surface area contributed by atoms with Crippen LogP contribution in [0.15, 0.2) is 57.8 Å². The highest BCUT2D eigenvalue weighted by Crippen LogP contribution is 2.29. The molecule has 0 aliphatic carbocycles. The summed E-state index contributed by atoms with van der Waals surface area (Å²) >= 11 is 4.91. The summed E-state index contributed by atoms with van der Waals surface area (Å²) in [4.78, 5) is 0. The Hall–Kier alpha value is -3.00. The van der Waals surface area contributed by atoms with E-state index < -0.39 is 0 Å². The molecule has 130 valence electrons. The number of hydrazone groups is 1. The quantitative estimate of drug-likeness (QED) is 0.318. The van der Waals surface area contributed by atoms with Gasteiger partial charge in [-0.1, -0.05) is 12.1 Å². The SMILES string of the molecule is CCOc1ccccc1N=Nc1ccc(O)c(C=NNC(=S)NC)c1. The van der Waals surface area contributed by atoms with E-state index in [0.717, 1.165) is 0 Å². The van der Waals surface area contributed by atoms with Crippen LogP contribution >= 0.6 is 12.2 Å². The van der Waals surface area contributed by atoms with Crippen LogP contribution in [0.2, 0.25) is 0 Å². The van der Waals surface area contributed by atoms with Crippen LogP contribution in [0.3, 0.4) is 0 Å². The van der Waals surface area contributed by atoms with Crippen molar-refractivity contribution in [1.29, 1.82) is 0 Å². The van der Waals surface area contributed by atoms with Gasteiger partial charge in [-0.2, -0.15) is 10.2 Å². The van der Waals surface area contributed by atoms with Crippen LogP contribution in [0, 0.1) is 0 Å². The molecule has 0 atom stereocenters. The van der Waals surface area contributed by atoms with Gasteiger partial charge in [0, 0.05) is 12.6 Å². The number of nitrogens with one attached hydrogen (secondary N) is 2. The Bertz CT molecular complexity index is 792. The fraction of sp³-hybridized carbons (Fsp3) is 0.176. The Morgan fingerprint density at radius 1 is 1.24 bits per heavy atom. The van der Waals surface area contributed by atoms with Gasteiger partial charge in [0.25, 0.3) is 0 Å². The smallest absolute Gasteiger partial charge is 0.186 e. The molecule has 0 aliphatic rings. The zero-order chi connectivity index (χ0) is 18.1. The maximum Gasteiger partial charge on any atom is 0.186 e. The average Bonchev–Trinajstić information content (AvgIpc) is 2.63. The molecule has 7 nitrogen and oxygen atoms in total. The predicted octanol–water partition coefficient (Wildman–Crippen LogP) is 3.63. The van der Waals surface area contributed by atoms with Crippen LogP contribution < -0.4 is 15.5 Å². The largest absolute Gasteiger partial charge is 0.507 e. The van der Waals surface area contributed by atoms with Crippen molar-refractivity contribution < 1.29 is 9.84 Å². The molecule has 8 heteroatoms. The minimum absolute atomic E-state index is 0.0783. The highest BCUT2D eigenvalue weighted by molar-refractivity contribution is 7.80. The highest BCUT2D eigenvalue weighted by Gasteiger charge is 2.03. The second kappa shape index (κ2) is 9.33. The van der Waals surface area contributed by atoms with Gasteiger partial charge in [0.15, 0.2) is 5.11 Å². The summed E-state index contributed by atoms with van der Waals surface area (Å²) in [5.41, 5.74) is 4.31. The van der Waals surface area contributed by atoms with Crippen molar-refractivity contribution in [3.05, 3.63) is 48.0 Å². The normalized spacial score (nSPS) is 11.0. The first kappa shape index (κ1) is 18.3. The van der Waals surface area contributed by atoms with Gasteiger partial charge in [-0.15, -0.1) is 5.11 Å². The van der Waals surface area contributed by atoms with Crippen LogP contribution in [-0.2, 0) is 0 Å². The monoisotopic (exact) mass is 357 g/mol.